The van der Waals surface area contributed by atoms with Crippen LogP contribution in [-0.2, 0) is 11.3 Å². The van der Waals surface area contributed by atoms with Gasteiger partial charge in [0.1, 0.15) is 0 Å². The van der Waals surface area contributed by atoms with E-state index in [1.165, 1.54) is 5.56 Å². The minimum Gasteiger partial charge on any atom is -0.374 e. The zero-order valence-corrected chi connectivity index (χ0v) is 10.7. The van der Waals surface area contributed by atoms with Crippen LogP contribution in [-0.4, -0.2) is 44.3 Å². The molecule has 4 nitrogen and oxygen atoms in total. The summed E-state index contributed by atoms with van der Waals surface area (Å²) in [7, 11) is 2.08. The molecule has 1 aliphatic rings. The summed E-state index contributed by atoms with van der Waals surface area (Å²) in [5.74, 6) is 0. The van der Waals surface area contributed by atoms with Crippen LogP contribution in [0.25, 0.3) is 0 Å². The Labute approximate surface area is 108 Å². The Hall–Kier alpha value is -1.41. The minimum absolute atomic E-state index is 0.267. The number of ether oxygens (including phenoxy) is 1. The quantitative estimate of drug-likeness (QED) is 0.859. The van der Waals surface area contributed by atoms with Crippen molar-refractivity contribution in [2.24, 2.45) is 0 Å². The van der Waals surface area contributed by atoms with Crippen LogP contribution in [0.15, 0.2) is 24.3 Å². The molecular formula is C14H19N3O. The average Bonchev–Trinajstić information content (AvgIpc) is 2.40. The maximum absolute atomic E-state index is 8.87. The van der Waals surface area contributed by atoms with E-state index in [2.05, 4.69) is 29.4 Å². The largest absolute Gasteiger partial charge is 0.374 e. The smallest absolute Gasteiger partial charge is 0.0991 e. The first-order chi connectivity index (χ1) is 8.78. The van der Waals surface area contributed by atoms with Crippen LogP contribution in [0.4, 0.5) is 0 Å². The molecule has 1 aromatic rings. The Kier molecular flexibility index (Phi) is 4.71. The van der Waals surface area contributed by atoms with E-state index in [9.17, 15) is 0 Å². The van der Waals surface area contributed by atoms with Gasteiger partial charge in [-0.05, 0) is 24.7 Å². The molecule has 0 aromatic heterocycles. The van der Waals surface area contributed by atoms with Crippen LogP contribution in [0, 0.1) is 11.3 Å². The van der Waals surface area contributed by atoms with E-state index in [1.807, 2.05) is 18.2 Å². The molecule has 1 aromatic carbocycles. The van der Waals surface area contributed by atoms with Crippen molar-refractivity contribution in [2.45, 2.75) is 12.6 Å². The standard InChI is InChI=1S/C14H19N3O/c1-17(11-14-9-16-5-6-18-14)10-13-4-2-3-12(7-13)8-15/h2-4,7,14,16H,5-6,9-11H2,1H3. The summed E-state index contributed by atoms with van der Waals surface area (Å²) in [5, 5.41) is 12.2. The van der Waals surface area contributed by atoms with Gasteiger partial charge in [-0.3, -0.25) is 4.90 Å². The van der Waals surface area contributed by atoms with Crippen molar-refractivity contribution < 1.29 is 4.74 Å². The summed E-state index contributed by atoms with van der Waals surface area (Å²) >= 11 is 0. The van der Waals surface area contributed by atoms with Crippen molar-refractivity contribution in [3.05, 3.63) is 35.4 Å². The zero-order chi connectivity index (χ0) is 12.8. The van der Waals surface area contributed by atoms with Gasteiger partial charge in [0.2, 0.25) is 0 Å². The summed E-state index contributed by atoms with van der Waals surface area (Å²) in [6, 6.07) is 9.92. The Morgan fingerprint density at radius 2 is 2.44 bits per heavy atom. The summed E-state index contributed by atoms with van der Waals surface area (Å²) in [5.41, 5.74) is 1.89. The molecule has 0 saturated carbocycles. The maximum Gasteiger partial charge on any atom is 0.0991 e. The molecule has 0 aliphatic carbocycles. The number of hydrogen-bond donors (Lipinski definition) is 1. The highest BCUT2D eigenvalue weighted by Gasteiger charge is 2.15. The second-order valence-electron chi connectivity index (χ2n) is 4.71. The number of nitriles is 1. The normalized spacial score (nSPS) is 19.7. The van der Waals surface area contributed by atoms with E-state index in [0.717, 1.165) is 38.3 Å². The Bertz CT molecular complexity index is 421. The Balaban J connectivity index is 1.86. The molecule has 1 saturated heterocycles. The first kappa shape index (κ1) is 13.0. The lowest BCUT2D eigenvalue weighted by molar-refractivity contribution is 0.00885. The number of hydrogen-bond acceptors (Lipinski definition) is 4. The van der Waals surface area contributed by atoms with E-state index < -0.39 is 0 Å². The molecule has 0 spiro atoms. The van der Waals surface area contributed by atoms with Gasteiger partial charge in [0, 0.05) is 26.2 Å². The zero-order valence-electron chi connectivity index (χ0n) is 10.7. The van der Waals surface area contributed by atoms with Crippen molar-refractivity contribution in [2.75, 3.05) is 33.3 Å². The highest BCUT2D eigenvalue weighted by Crippen LogP contribution is 2.08. The lowest BCUT2D eigenvalue weighted by atomic mass is 10.1. The van der Waals surface area contributed by atoms with Crippen molar-refractivity contribution >= 4 is 0 Å². The molecule has 1 atom stereocenters. The number of nitrogens with zero attached hydrogens (tertiary/aromatic N) is 2. The summed E-state index contributed by atoms with van der Waals surface area (Å²) in [4.78, 5) is 2.23. The molecule has 2 rings (SSSR count). The van der Waals surface area contributed by atoms with E-state index >= 15 is 0 Å². The molecule has 0 radical (unpaired) electrons. The summed E-state index contributed by atoms with van der Waals surface area (Å²) in [6.07, 6.45) is 0.267. The Morgan fingerprint density at radius 1 is 1.56 bits per heavy atom. The highest BCUT2D eigenvalue weighted by molar-refractivity contribution is 5.32. The summed E-state index contributed by atoms with van der Waals surface area (Å²) < 4.78 is 5.67. The fourth-order valence-electron chi connectivity index (χ4n) is 2.20. The average molecular weight is 245 g/mol. The van der Waals surface area contributed by atoms with Crippen molar-refractivity contribution in [1.82, 2.24) is 10.2 Å². The first-order valence-electron chi connectivity index (χ1n) is 6.28. The number of nitrogens with one attached hydrogen (secondary N) is 1. The van der Waals surface area contributed by atoms with Crippen molar-refractivity contribution in [3.8, 4) is 6.07 Å². The lowest BCUT2D eigenvalue weighted by Gasteiger charge is -2.28. The molecular weight excluding hydrogens is 226 g/mol. The van der Waals surface area contributed by atoms with Crippen LogP contribution in [0.5, 0.6) is 0 Å². The van der Waals surface area contributed by atoms with Crippen LogP contribution in [0.1, 0.15) is 11.1 Å². The first-order valence-corrected chi connectivity index (χ1v) is 6.28. The Morgan fingerprint density at radius 3 is 3.17 bits per heavy atom. The highest BCUT2D eigenvalue weighted by atomic mass is 16.5. The van der Waals surface area contributed by atoms with E-state index in [1.54, 1.807) is 0 Å². The van der Waals surface area contributed by atoms with Gasteiger partial charge in [-0.15, -0.1) is 0 Å². The molecule has 1 aliphatic heterocycles. The number of rotatable bonds is 4. The monoisotopic (exact) mass is 245 g/mol. The third kappa shape index (κ3) is 3.81. The van der Waals surface area contributed by atoms with Crippen molar-refractivity contribution in [3.63, 3.8) is 0 Å². The van der Waals surface area contributed by atoms with Gasteiger partial charge in [-0.25, -0.2) is 0 Å². The molecule has 1 N–H and O–H groups in total. The molecule has 0 amide bonds. The predicted octanol–water partition coefficient (Wildman–Crippen LogP) is 0.978. The molecule has 0 bridgehead atoms. The SMILES string of the molecule is CN(Cc1cccc(C#N)c1)CC1CNCCO1. The van der Waals surface area contributed by atoms with E-state index in [-0.39, 0.29) is 6.10 Å². The fraction of sp³-hybridized carbons (Fsp3) is 0.500. The van der Waals surface area contributed by atoms with Gasteiger partial charge in [0.15, 0.2) is 0 Å². The van der Waals surface area contributed by atoms with Crippen molar-refractivity contribution in [1.29, 1.82) is 5.26 Å². The van der Waals surface area contributed by atoms with Gasteiger partial charge in [-0.1, -0.05) is 12.1 Å². The fourth-order valence-corrected chi connectivity index (χ4v) is 2.20. The van der Waals surface area contributed by atoms with Gasteiger partial charge in [0.25, 0.3) is 0 Å². The third-order valence-corrected chi connectivity index (χ3v) is 3.03. The van der Waals surface area contributed by atoms with Gasteiger partial charge in [-0.2, -0.15) is 5.26 Å². The lowest BCUT2D eigenvalue weighted by Crippen LogP contribution is -2.44. The minimum atomic E-state index is 0.267. The predicted molar refractivity (Wildman–Crippen MR) is 70.1 cm³/mol. The molecule has 1 unspecified atom stereocenters. The molecule has 4 heteroatoms. The number of likely N-dealkylation sites (N-methyl/N-ethyl adjacent to an activating group) is 1. The van der Waals surface area contributed by atoms with Gasteiger partial charge in [0.05, 0.1) is 24.3 Å². The summed E-state index contributed by atoms with van der Waals surface area (Å²) in [6.45, 7) is 4.41. The third-order valence-electron chi connectivity index (χ3n) is 3.03. The second kappa shape index (κ2) is 6.50. The van der Waals surface area contributed by atoms with Gasteiger partial charge < -0.3 is 10.1 Å². The molecule has 18 heavy (non-hydrogen) atoms. The molecule has 96 valence electrons. The maximum atomic E-state index is 8.87. The van der Waals surface area contributed by atoms with E-state index in [4.69, 9.17) is 10.00 Å². The number of benzene rings is 1. The van der Waals surface area contributed by atoms with Gasteiger partial charge >= 0.3 is 0 Å². The van der Waals surface area contributed by atoms with Crippen LogP contribution >= 0.6 is 0 Å². The number of morpholine rings is 1. The van der Waals surface area contributed by atoms with Crippen LogP contribution in [0.3, 0.4) is 0 Å². The molecule has 1 fully saturated rings. The van der Waals surface area contributed by atoms with Crippen LogP contribution in [0.2, 0.25) is 0 Å². The van der Waals surface area contributed by atoms with E-state index in [0.29, 0.717) is 0 Å². The second-order valence-corrected chi connectivity index (χ2v) is 4.71. The van der Waals surface area contributed by atoms with Crippen LogP contribution < -0.4 is 5.32 Å². The molecule has 1 heterocycles. The topological polar surface area (TPSA) is 48.3 Å².